The van der Waals surface area contributed by atoms with Gasteiger partial charge in [-0.05, 0) is 24.8 Å². The summed E-state index contributed by atoms with van der Waals surface area (Å²) in [6.07, 6.45) is 2.00. The second kappa shape index (κ2) is 4.05. The lowest BCUT2D eigenvalue weighted by Crippen LogP contribution is -2.00. The van der Waals surface area contributed by atoms with E-state index in [1.807, 2.05) is 24.3 Å². The summed E-state index contributed by atoms with van der Waals surface area (Å²) in [4.78, 5) is 11.5. The maximum absolute atomic E-state index is 11.5. The highest BCUT2D eigenvalue weighted by Crippen LogP contribution is 2.34. The lowest BCUT2D eigenvalue weighted by Gasteiger charge is -2.11. The van der Waals surface area contributed by atoms with Crippen molar-refractivity contribution in [2.45, 2.75) is 32.8 Å². The Bertz CT molecular complexity index is 369. The van der Waals surface area contributed by atoms with Gasteiger partial charge in [-0.1, -0.05) is 32.0 Å². The van der Waals surface area contributed by atoms with E-state index < -0.39 is 0 Å². The van der Waals surface area contributed by atoms with E-state index in [0.717, 1.165) is 24.0 Å². The van der Waals surface area contributed by atoms with E-state index in [9.17, 15) is 4.79 Å². The zero-order valence-electron chi connectivity index (χ0n) is 9.19. The molecule has 1 aliphatic rings. The standard InChI is InChI=1S/C13H16O2/c1-9(2)7-8-12-10-5-3-4-6-11(10)13(14)15-12/h3-6,9,12H,7-8H2,1-2H3. The Morgan fingerprint density at radius 2 is 2.07 bits per heavy atom. The molecule has 2 heteroatoms. The van der Waals surface area contributed by atoms with E-state index in [1.165, 1.54) is 0 Å². The molecule has 80 valence electrons. The molecule has 0 N–H and O–H groups in total. The number of cyclic esters (lactones) is 1. The van der Waals surface area contributed by atoms with Crippen LogP contribution in [-0.2, 0) is 4.74 Å². The molecular weight excluding hydrogens is 188 g/mol. The number of hydrogen-bond donors (Lipinski definition) is 0. The highest BCUT2D eigenvalue weighted by molar-refractivity contribution is 5.93. The zero-order chi connectivity index (χ0) is 10.8. The van der Waals surface area contributed by atoms with Crippen molar-refractivity contribution in [3.63, 3.8) is 0 Å². The van der Waals surface area contributed by atoms with Crippen molar-refractivity contribution < 1.29 is 9.53 Å². The molecule has 0 saturated carbocycles. The first kappa shape index (κ1) is 10.2. The minimum absolute atomic E-state index is 0.0175. The average molecular weight is 204 g/mol. The van der Waals surface area contributed by atoms with Gasteiger partial charge in [-0.2, -0.15) is 0 Å². The van der Waals surface area contributed by atoms with Gasteiger partial charge in [-0.25, -0.2) is 4.79 Å². The second-order valence-corrected chi connectivity index (χ2v) is 4.45. The number of benzene rings is 1. The SMILES string of the molecule is CC(C)CCC1OC(=O)c2ccccc21. The molecule has 1 aromatic carbocycles. The summed E-state index contributed by atoms with van der Waals surface area (Å²) in [6.45, 7) is 4.37. The first-order valence-electron chi connectivity index (χ1n) is 5.48. The molecule has 2 rings (SSSR count). The maximum Gasteiger partial charge on any atom is 0.339 e. The molecule has 0 radical (unpaired) electrons. The fourth-order valence-corrected chi connectivity index (χ4v) is 1.92. The van der Waals surface area contributed by atoms with Crippen molar-refractivity contribution in [1.29, 1.82) is 0 Å². The van der Waals surface area contributed by atoms with Gasteiger partial charge in [0, 0.05) is 5.56 Å². The molecule has 0 fully saturated rings. The molecule has 0 spiro atoms. The van der Waals surface area contributed by atoms with Crippen molar-refractivity contribution in [3.05, 3.63) is 35.4 Å². The van der Waals surface area contributed by atoms with Crippen molar-refractivity contribution in [1.82, 2.24) is 0 Å². The average Bonchev–Trinajstić information content (AvgIpc) is 2.54. The predicted octanol–water partition coefficient (Wildman–Crippen LogP) is 3.33. The third-order valence-electron chi connectivity index (χ3n) is 2.78. The number of fused-ring (bicyclic) bond motifs is 1. The Hall–Kier alpha value is -1.31. The van der Waals surface area contributed by atoms with Crippen LogP contribution >= 0.6 is 0 Å². The number of rotatable bonds is 3. The summed E-state index contributed by atoms with van der Waals surface area (Å²) in [5, 5.41) is 0. The lowest BCUT2D eigenvalue weighted by molar-refractivity contribution is 0.0357. The normalized spacial score (nSPS) is 19.1. The second-order valence-electron chi connectivity index (χ2n) is 4.45. The van der Waals surface area contributed by atoms with Gasteiger partial charge in [0.25, 0.3) is 0 Å². The minimum Gasteiger partial charge on any atom is -0.454 e. The molecule has 1 heterocycles. The molecule has 1 atom stereocenters. The number of carbonyl (C=O) groups excluding carboxylic acids is 1. The number of hydrogen-bond acceptors (Lipinski definition) is 2. The van der Waals surface area contributed by atoms with Gasteiger partial charge in [-0.3, -0.25) is 0 Å². The van der Waals surface area contributed by atoms with Gasteiger partial charge in [0.05, 0.1) is 5.56 Å². The van der Waals surface area contributed by atoms with Crippen LogP contribution in [0.1, 0.15) is 48.7 Å². The van der Waals surface area contributed by atoms with E-state index in [4.69, 9.17) is 4.74 Å². The molecule has 2 nitrogen and oxygen atoms in total. The zero-order valence-corrected chi connectivity index (χ0v) is 9.19. The van der Waals surface area contributed by atoms with Crippen molar-refractivity contribution >= 4 is 5.97 Å². The molecule has 1 aliphatic heterocycles. The van der Waals surface area contributed by atoms with Crippen molar-refractivity contribution in [2.24, 2.45) is 5.92 Å². The van der Waals surface area contributed by atoms with E-state index in [1.54, 1.807) is 0 Å². The van der Waals surface area contributed by atoms with Crippen LogP contribution in [0, 0.1) is 5.92 Å². The Labute approximate surface area is 90.3 Å². The lowest BCUT2D eigenvalue weighted by atomic mass is 9.98. The Kier molecular flexibility index (Phi) is 2.76. The van der Waals surface area contributed by atoms with Gasteiger partial charge in [0.1, 0.15) is 6.10 Å². The topological polar surface area (TPSA) is 26.3 Å². The fraction of sp³-hybridized carbons (Fsp3) is 0.462. The molecule has 1 unspecified atom stereocenters. The number of ether oxygens (including phenoxy) is 1. The quantitative estimate of drug-likeness (QED) is 0.706. The fourth-order valence-electron chi connectivity index (χ4n) is 1.92. The molecular formula is C13H16O2. The van der Waals surface area contributed by atoms with E-state index in [0.29, 0.717) is 5.92 Å². The molecule has 0 bridgehead atoms. The van der Waals surface area contributed by atoms with E-state index >= 15 is 0 Å². The molecule has 0 amide bonds. The van der Waals surface area contributed by atoms with Gasteiger partial charge in [-0.15, -0.1) is 0 Å². The summed E-state index contributed by atoms with van der Waals surface area (Å²) < 4.78 is 5.34. The van der Waals surface area contributed by atoms with E-state index in [2.05, 4.69) is 13.8 Å². The summed E-state index contributed by atoms with van der Waals surface area (Å²) in [7, 11) is 0. The number of esters is 1. The predicted molar refractivity (Wildman–Crippen MR) is 58.7 cm³/mol. The smallest absolute Gasteiger partial charge is 0.339 e. The van der Waals surface area contributed by atoms with Crippen molar-refractivity contribution in [2.75, 3.05) is 0 Å². The van der Waals surface area contributed by atoms with Crippen LogP contribution in [0.25, 0.3) is 0 Å². The summed E-state index contributed by atoms with van der Waals surface area (Å²) >= 11 is 0. The highest BCUT2D eigenvalue weighted by atomic mass is 16.5. The van der Waals surface area contributed by atoms with Crippen LogP contribution in [0.2, 0.25) is 0 Å². The molecule has 0 saturated heterocycles. The highest BCUT2D eigenvalue weighted by Gasteiger charge is 2.29. The monoisotopic (exact) mass is 204 g/mol. The number of carbonyl (C=O) groups is 1. The third kappa shape index (κ3) is 2.04. The van der Waals surface area contributed by atoms with Crippen LogP contribution < -0.4 is 0 Å². The van der Waals surface area contributed by atoms with Crippen LogP contribution in [0.3, 0.4) is 0 Å². The first-order chi connectivity index (χ1) is 7.18. The van der Waals surface area contributed by atoms with Gasteiger partial charge in [0.15, 0.2) is 0 Å². The van der Waals surface area contributed by atoms with Crippen LogP contribution in [0.5, 0.6) is 0 Å². The Morgan fingerprint density at radius 1 is 1.33 bits per heavy atom. The Balaban J connectivity index is 2.14. The molecule has 0 aromatic heterocycles. The summed E-state index contributed by atoms with van der Waals surface area (Å²) in [5.41, 5.74) is 1.80. The maximum atomic E-state index is 11.5. The first-order valence-corrected chi connectivity index (χ1v) is 5.48. The van der Waals surface area contributed by atoms with Gasteiger partial charge in [0.2, 0.25) is 0 Å². The van der Waals surface area contributed by atoms with Crippen LogP contribution in [0.4, 0.5) is 0 Å². The molecule has 1 aromatic rings. The molecule has 0 aliphatic carbocycles. The van der Waals surface area contributed by atoms with E-state index in [-0.39, 0.29) is 12.1 Å². The third-order valence-corrected chi connectivity index (χ3v) is 2.78. The van der Waals surface area contributed by atoms with Crippen molar-refractivity contribution in [3.8, 4) is 0 Å². The molecule has 15 heavy (non-hydrogen) atoms. The summed E-state index contributed by atoms with van der Waals surface area (Å²) in [6, 6.07) is 7.67. The van der Waals surface area contributed by atoms with Crippen LogP contribution in [-0.4, -0.2) is 5.97 Å². The van der Waals surface area contributed by atoms with Gasteiger partial charge < -0.3 is 4.74 Å². The van der Waals surface area contributed by atoms with Gasteiger partial charge >= 0.3 is 5.97 Å². The minimum atomic E-state index is -0.167. The Morgan fingerprint density at radius 3 is 2.80 bits per heavy atom. The van der Waals surface area contributed by atoms with Crippen LogP contribution in [0.15, 0.2) is 24.3 Å². The summed E-state index contributed by atoms with van der Waals surface area (Å²) in [5.74, 6) is 0.482. The largest absolute Gasteiger partial charge is 0.454 e.